The van der Waals surface area contributed by atoms with Crippen molar-refractivity contribution in [2.45, 2.75) is 26.4 Å². The largest absolute Gasteiger partial charge is 0.449 e. The van der Waals surface area contributed by atoms with Crippen LogP contribution < -0.4 is 4.90 Å². The smallest absolute Gasteiger partial charge is 0.338 e. The molecule has 0 aliphatic carbocycles. The molecule has 0 spiro atoms. The summed E-state index contributed by atoms with van der Waals surface area (Å²) in [6, 6.07) is 26.1. The summed E-state index contributed by atoms with van der Waals surface area (Å²) in [6.07, 6.45) is -0.854. The van der Waals surface area contributed by atoms with E-state index in [-0.39, 0.29) is 18.9 Å². The van der Waals surface area contributed by atoms with Crippen molar-refractivity contribution in [3.63, 3.8) is 0 Å². The molecule has 0 N–H and O–H groups in total. The quantitative estimate of drug-likeness (QED) is 0.375. The lowest BCUT2D eigenvalue weighted by Crippen LogP contribution is -2.40. The number of fused-ring (bicyclic) bond motifs is 1. The number of ether oxygens (including phenoxy) is 1. The molecule has 34 heavy (non-hydrogen) atoms. The molecule has 1 atom stereocenters. The van der Waals surface area contributed by atoms with E-state index in [1.807, 2.05) is 66.1 Å². The number of esters is 1. The molecular weight excluding hydrogens is 428 g/mol. The second-order valence-electron chi connectivity index (χ2n) is 7.81. The number of benzene rings is 3. The van der Waals surface area contributed by atoms with Crippen molar-refractivity contribution in [3.05, 3.63) is 90.3 Å². The van der Waals surface area contributed by atoms with Gasteiger partial charge in [-0.1, -0.05) is 36.4 Å². The SMILES string of the molecule is Cc1nc2cc(C(=O)OC(C)C(=O)N(CCC#N)c3ccccc3)ccc2n1-c1ccccc1. The Kier molecular flexibility index (Phi) is 6.69. The van der Waals surface area contributed by atoms with Crippen molar-refractivity contribution in [2.24, 2.45) is 0 Å². The molecule has 7 nitrogen and oxygen atoms in total. The van der Waals surface area contributed by atoms with E-state index >= 15 is 0 Å². The van der Waals surface area contributed by atoms with Crippen molar-refractivity contribution in [3.8, 4) is 11.8 Å². The number of carbonyl (C=O) groups is 2. The number of nitrogens with zero attached hydrogens (tertiary/aromatic N) is 4. The Bertz CT molecular complexity index is 1360. The highest BCUT2D eigenvalue weighted by molar-refractivity contribution is 6.00. The van der Waals surface area contributed by atoms with Crippen molar-refractivity contribution in [2.75, 3.05) is 11.4 Å². The number of aryl methyl sites for hydroxylation is 1. The summed E-state index contributed by atoms with van der Waals surface area (Å²) >= 11 is 0. The molecule has 0 radical (unpaired) electrons. The van der Waals surface area contributed by atoms with Crippen LogP contribution in [0.2, 0.25) is 0 Å². The second-order valence-corrected chi connectivity index (χ2v) is 7.81. The van der Waals surface area contributed by atoms with Crippen molar-refractivity contribution >= 4 is 28.6 Å². The maximum atomic E-state index is 13.1. The van der Waals surface area contributed by atoms with Gasteiger partial charge in [-0.3, -0.25) is 9.36 Å². The van der Waals surface area contributed by atoms with Crippen LogP contribution in [-0.2, 0) is 9.53 Å². The molecular formula is C27H24N4O3. The highest BCUT2D eigenvalue weighted by Crippen LogP contribution is 2.23. The van der Waals surface area contributed by atoms with E-state index in [1.54, 1.807) is 24.3 Å². The lowest BCUT2D eigenvalue weighted by atomic mass is 10.2. The highest BCUT2D eigenvalue weighted by atomic mass is 16.5. The molecule has 4 rings (SSSR count). The predicted molar refractivity (Wildman–Crippen MR) is 130 cm³/mol. The minimum atomic E-state index is -1.02. The van der Waals surface area contributed by atoms with Gasteiger partial charge in [0, 0.05) is 17.9 Å². The number of nitriles is 1. The van der Waals surface area contributed by atoms with Crippen LogP contribution in [0.3, 0.4) is 0 Å². The molecule has 3 aromatic carbocycles. The van der Waals surface area contributed by atoms with E-state index in [9.17, 15) is 9.59 Å². The third-order valence-electron chi connectivity index (χ3n) is 5.48. The molecule has 4 aromatic rings. The number of imidazole rings is 1. The minimum Gasteiger partial charge on any atom is -0.449 e. The van der Waals surface area contributed by atoms with E-state index in [0.29, 0.717) is 16.8 Å². The van der Waals surface area contributed by atoms with Crippen molar-refractivity contribution in [1.29, 1.82) is 5.26 Å². The fraction of sp³-hybridized carbons (Fsp3) is 0.185. The van der Waals surface area contributed by atoms with E-state index < -0.39 is 12.1 Å². The van der Waals surface area contributed by atoms with Crippen LogP contribution >= 0.6 is 0 Å². The van der Waals surface area contributed by atoms with Crippen LogP contribution in [0, 0.1) is 18.3 Å². The Morgan fingerprint density at radius 3 is 2.41 bits per heavy atom. The van der Waals surface area contributed by atoms with Crippen LogP contribution in [0.4, 0.5) is 5.69 Å². The Hall–Kier alpha value is -4.44. The van der Waals surface area contributed by atoms with Gasteiger partial charge in [0.2, 0.25) is 0 Å². The van der Waals surface area contributed by atoms with E-state index in [2.05, 4.69) is 11.1 Å². The molecule has 0 saturated carbocycles. The number of hydrogen-bond acceptors (Lipinski definition) is 5. The van der Waals surface area contributed by atoms with Crippen LogP contribution in [-0.4, -0.2) is 34.1 Å². The fourth-order valence-corrected chi connectivity index (χ4v) is 3.87. The lowest BCUT2D eigenvalue weighted by Gasteiger charge is -2.25. The average molecular weight is 453 g/mol. The zero-order valence-corrected chi connectivity index (χ0v) is 19.0. The lowest BCUT2D eigenvalue weighted by molar-refractivity contribution is -0.126. The van der Waals surface area contributed by atoms with Crippen molar-refractivity contribution < 1.29 is 14.3 Å². The predicted octanol–water partition coefficient (Wildman–Crippen LogP) is 4.83. The van der Waals surface area contributed by atoms with Crippen molar-refractivity contribution in [1.82, 2.24) is 9.55 Å². The molecule has 170 valence electrons. The monoisotopic (exact) mass is 452 g/mol. The average Bonchev–Trinajstić information content (AvgIpc) is 3.20. The minimum absolute atomic E-state index is 0.168. The highest BCUT2D eigenvalue weighted by Gasteiger charge is 2.26. The van der Waals surface area contributed by atoms with E-state index in [4.69, 9.17) is 10.00 Å². The number of anilines is 1. The Morgan fingerprint density at radius 1 is 1.06 bits per heavy atom. The molecule has 1 amide bonds. The van der Waals surface area contributed by atoms with Crippen LogP contribution in [0.15, 0.2) is 78.9 Å². The molecule has 1 heterocycles. The van der Waals surface area contributed by atoms with Gasteiger partial charge >= 0.3 is 5.97 Å². The zero-order valence-electron chi connectivity index (χ0n) is 19.0. The van der Waals surface area contributed by atoms with Gasteiger partial charge in [-0.2, -0.15) is 5.26 Å². The van der Waals surface area contributed by atoms with Crippen LogP contribution in [0.1, 0.15) is 29.5 Å². The van der Waals surface area contributed by atoms with Gasteiger partial charge in [-0.05, 0) is 56.3 Å². The first-order valence-corrected chi connectivity index (χ1v) is 11.0. The van der Waals surface area contributed by atoms with Gasteiger partial charge in [0.05, 0.1) is 29.1 Å². The number of rotatable bonds is 7. The summed E-state index contributed by atoms with van der Waals surface area (Å²) in [5.74, 6) is -0.200. The second kappa shape index (κ2) is 10.0. The summed E-state index contributed by atoms with van der Waals surface area (Å²) in [6.45, 7) is 3.66. The van der Waals surface area contributed by atoms with Gasteiger partial charge in [-0.25, -0.2) is 9.78 Å². The molecule has 0 fully saturated rings. The first kappa shape index (κ1) is 22.7. The molecule has 0 aliphatic heterocycles. The van der Waals surface area contributed by atoms with E-state index in [0.717, 1.165) is 17.0 Å². The molecule has 0 bridgehead atoms. The third-order valence-corrected chi connectivity index (χ3v) is 5.48. The third kappa shape index (κ3) is 4.66. The Morgan fingerprint density at radius 2 is 1.74 bits per heavy atom. The summed E-state index contributed by atoms with van der Waals surface area (Å²) in [4.78, 5) is 32.0. The van der Waals surface area contributed by atoms with Gasteiger partial charge < -0.3 is 9.64 Å². The van der Waals surface area contributed by atoms with Gasteiger partial charge in [0.25, 0.3) is 5.91 Å². The first-order chi connectivity index (χ1) is 16.5. The van der Waals surface area contributed by atoms with Gasteiger partial charge in [0.15, 0.2) is 6.10 Å². The number of carbonyl (C=O) groups excluding carboxylic acids is 2. The maximum Gasteiger partial charge on any atom is 0.338 e. The summed E-state index contributed by atoms with van der Waals surface area (Å²) in [7, 11) is 0. The zero-order chi connectivity index (χ0) is 24.1. The first-order valence-electron chi connectivity index (χ1n) is 11.0. The number of hydrogen-bond donors (Lipinski definition) is 0. The van der Waals surface area contributed by atoms with Gasteiger partial charge in [0.1, 0.15) is 5.82 Å². The summed E-state index contributed by atoms with van der Waals surface area (Å²) in [5, 5.41) is 8.98. The Labute approximate surface area is 197 Å². The number of para-hydroxylation sites is 2. The van der Waals surface area contributed by atoms with E-state index in [1.165, 1.54) is 11.8 Å². The molecule has 7 heteroatoms. The number of amides is 1. The summed E-state index contributed by atoms with van der Waals surface area (Å²) in [5.41, 5.74) is 3.48. The Balaban J connectivity index is 1.54. The standard InChI is InChI=1S/C27H24N4O3/c1-19(26(32)30(17-9-16-28)22-10-5-3-6-11-22)34-27(33)21-14-15-25-24(18-21)29-20(2)31(25)23-12-7-4-8-13-23/h3-8,10-15,18-19H,9,17H2,1-2H3. The topological polar surface area (TPSA) is 88.2 Å². The molecule has 0 saturated heterocycles. The normalized spacial score (nSPS) is 11.6. The fourth-order valence-electron chi connectivity index (χ4n) is 3.87. The summed E-state index contributed by atoms with van der Waals surface area (Å²) < 4.78 is 7.52. The van der Waals surface area contributed by atoms with Crippen LogP contribution in [0.25, 0.3) is 16.7 Å². The van der Waals surface area contributed by atoms with Crippen LogP contribution in [0.5, 0.6) is 0 Å². The number of aromatic nitrogens is 2. The molecule has 0 aliphatic rings. The maximum absolute atomic E-state index is 13.1. The molecule has 1 unspecified atom stereocenters. The van der Waals surface area contributed by atoms with Gasteiger partial charge in [-0.15, -0.1) is 0 Å². The molecule has 1 aromatic heterocycles.